The number of nitrogens with one attached hydrogen (secondary N) is 4. The average Bonchev–Trinajstić information content (AvgIpc) is 3.62. The van der Waals surface area contributed by atoms with Crippen molar-refractivity contribution in [2.75, 3.05) is 55.9 Å². The van der Waals surface area contributed by atoms with Crippen LogP contribution in [0.15, 0.2) is 12.2 Å². The van der Waals surface area contributed by atoms with Crippen LogP contribution in [-0.4, -0.2) is 227 Å². The number of nitrogens with zero attached hydrogens (tertiary/aromatic N) is 7. The quantitative estimate of drug-likeness (QED) is 0.148. The molecule has 85 heavy (non-hydrogen) atoms. The van der Waals surface area contributed by atoms with E-state index in [4.69, 9.17) is 0 Å². The highest BCUT2D eigenvalue weighted by molar-refractivity contribution is 5.99. The number of rotatable bonds is 15. The second-order valence-corrected chi connectivity index (χ2v) is 26.1. The third-order valence-corrected chi connectivity index (χ3v) is 16.1. The summed E-state index contributed by atoms with van der Waals surface area (Å²) >= 11 is 0. The SMILES string of the molecule is C/C=C/C[C@@H](C)[C@@H](O)[C@H]1C(=O)N[C@@H](CC)C(=O)N(C)CC(=O)N(C)[C@@H](CC(C)C)C(=O)N[C@@H](C(C)C)C(=O)N(C)[C@@H](CC(C)C)C(=O)N[C@@H](C)C(=O)N[C@H](C)C(=O)N(C)[C@H](CC(C)C)C(=O)N(C)[C@@H](CC(C)C)C(=O)N(C)[C@@H](C(C)C)C(=O)N1C. The van der Waals surface area contributed by atoms with E-state index in [0.29, 0.717) is 6.42 Å². The number of aliphatic hydroxyl groups excluding tert-OH is 1. The zero-order valence-corrected chi connectivity index (χ0v) is 56.1. The summed E-state index contributed by atoms with van der Waals surface area (Å²) in [5, 5.41) is 23.1. The van der Waals surface area contributed by atoms with Crippen LogP contribution < -0.4 is 21.3 Å². The van der Waals surface area contributed by atoms with Gasteiger partial charge in [0.2, 0.25) is 65.0 Å². The van der Waals surface area contributed by atoms with E-state index in [1.54, 1.807) is 54.5 Å². The summed E-state index contributed by atoms with van der Waals surface area (Å²) in [6.07, 6.45) is 3.04. The molecule has 1 heterocycles. The molecule has 1 rings (SSSR count). The maximum Gasteiger partial charge on any atom is 0.246 e. The molecule has 0 spiro atoms. The molecule has 0 aromatic carbocycles. The summed E-state index contributed by atoms with van der Waals surface area (Å²) in [6, 6.07) is -12.3. The van der Waals surface area contributed by atoms with E-state index in [9.17, 15) is 48.3 Å². The van der Waals surface area contributed by atoms with Crippen molar-refractivity contribution in [2.24, 2.45) is 41.4 Å². The van der Waals surface area contributed by atoms with Gasteiger partial charge in [0, 0.05) is 49.3 Å². The van der Waals surface area contributed by atoms with Crippen molar-refractivity contribution in [1.29, 1.82) is 0 Å². The van der Waals surface area contributed by atoms with Crippen LogP contribution in [0.25, 0.3) is 0 Å². The van der Waals surface area contributed by atoms with Gasteiger partial charge < -0.3 is 60.7 Å². The molecule has 486 valence electrons. The predicted octanol–water partition coefficient (Wildman–Crippen LogP) is 3.27. The number of hydrogen-bond donors (Lipinski definition) is 5. The summed E-state index contributed by atoms with van der Waals surface area (Å²) in [7, 11) is 9.92. The van der Waals surface area contributed by atoms with E-state index in [0.717, 1.165) is 9.80 Å². The van der Waals surface area contributed by atoms with Crippen molar-refractivity contribution in [2.45, 2.75) is 223 Å². The minimum atomic E-state index is -1.61. The fourth-order valence-corrected chi connectivity index (χ4v) is 10.7. The number of aliphatic hydroxyl groups is 1. The van der Waals surface area contributed by atoms with Crippen molar-refractivity contribution < 1.29 is 57.8 Å². The molecular weight excluding hydrogens is 1090 g/mol. The van der Waals surface area contributed by atoms with Crippen LogP contribution in [0.5, 0.6) is 0 Å². The van der Waals surface area contributed by atoms with Gasteiger partial charge in [-0.05, 0) is 101 Å². The van der Waals surface area contributed by atoms with Gasteiger partial charge in [0.05, 0.1) is 12.6 Å². The third-order valence-electron chi connectivity index (χ3n) is 16.1. The van der Waals surface area contributed by atoms with Gasteiger partial charge in [-0.1, -0.05) is 109 Å². The molecule has 23 nitrogen and oxygen atoms in total. The fraction of sp³-hybridized carbons (Fsp3) is 0.790. The Kier molecular flexibility index (Phi) is 31.5. The van der Waals surface area contributed by atoms with E-state index in [-0.39, 0.29) is 55.8 Å². The van der Waals surface area contributed by atoms with Gasteiger partial charge in [0.25, 0.3) is 0 Å². The standard InChI is InChI=1S/C62H111N11O12/c1-25-27-28-40(15)52(75)51-56(79)65-43(26-2)58(81)67(18)33-48(74)68(19)44(29-34(3)4)55(78)66-49(38(11)12)61(84)69(20)45(30-35(5)6)54(77)63-41(16)53(76)64-42(17)57(80)70(21)46(31-36(7)8)59(82)71(22)47(32-37(9)10)60(83)72(23)50(39(13)14)62(85)73(51)24/h25,27,34-47,49-52,75H,26,28-33H2,1-24H3,(H,63,77)(H,64,76)(H,65,79)(H,66,78)/b27-25+/t40-,41+,42-,43+,44+,45+,46-,47+,49+,50+,51+,52-/m1/s1. The van der Waals surface area contributed by atoms with Gasteiger partial charge in [-0.15, -0.1) is 0 Å². The number of hydrogen-bond acceptors (Lipinski definition) is 12. The molecule has 11 amide bonds. The van der Waals surface area contributed by atoms with E-state index >= 15 is 9.59 Å². The molecule has 1 aliphatic heterocycles. The highest BCUT2D eigenvalue weighted by Gasteiger charge is 2.45. The maximum absolute atomic E-state index is 15.1. The molecular formula is C62H111N11O12. The summed E-state index contributed by atoms with van der Waals surface area (Å²) in [4.78, 5) is 169. The number of amides is 11. The highest BCUT2D eigenvalue weighted by Crippen LogP contribution is 2.26. The Bertz CT molecular complexity index is 2330. The number of carbonyl (C=O) groups is 11. The number of likely N-dealkylation sites (N-methyl/N-ethyl adjacent to an activating group) is 7. The molecule has 1 fully saturated rings. The molecule has 0 radical (unpaired) electrons. The predicted molar refractivity (Wildman–Crippen MR) is 328 cm³/mol. The van der Waals surface area contributed by atoms with Crippen LogP contribution in [0.3, 0.4) is 0 Å². The van der Waals surface area contributed by atoms with Crippen LogP contribution in [-0.2, 0) is 52.7 Å². The zero-order valence-electron chi connectivity index (χ0n) is 56.1. The Balaban J connectivity index is 4.32. The van der Waals surface area contributed by atoms with Crippen molar-refractivity contribution in [3.05, 3.63) is 12.2 Å². The first kappa shape index (κ1) is 76.9. The molecule has 1 saturated heterocycles. The Hall–Kier alpha value is -6.13. The van der Waals surface area contributed by atoms with Crippen molar-refractivity contribution in [3.8, 4) is 0 Å². The van der Waals surface area contributed by atoms with Gasteiger partial charge in [-0.3, -0.25) is 52.7 Å². The molecule has 0 bridgehead atoms. The molecule has 5 N–H and O–H groups in total. The molecule has 0 unspecified atom stereocenters. The third kappa shape index (κ3) is 21.7. The molecule has 23 heteroatoms. The lowest BCUT2D eigenvalue weighted by atomic mass is 9.91. The topological polar surface area (TPSA) is 279 Å². The molecule has 0 aromatic rings. The smallest absolute Gasteiger partial charge is 0.246 e. The van der Waals surface area contributed by atoms with E-state index in [1.807, 2.05) is 61.5 Å². The molecule has 0 aromatic heterocycles. The summed E-state index contributed by atoms with van der Waals surface area (Å²) in [5.41, 5.74) is 0. The number of carbonyl (C=O) groups excluding carboxylic acids is 11. The Morgan fingerprint density at radius 3 is 1.32 bits per heavy atom. The minimum absolute atomic E-state index is 0.0229. The van der Waals surface area contributed by atoms with Gasteiger partial charge in [-0.2, -0.15) is 0 Å². The second kappa shape index (κ2) is 34.9. The zero-order chi connectivity index (χ0) is 66.0. The second-order valence-electron chi connectivity index (χ2n) is 26.1. The number of allylic oxidation sites excluding steroid dienone is 2. The van der Waals surface area contributed by atoms with Crippen molar-refractivity contribution in [1.82, 2.24) is 55.6 Å². The highest BCUT2D eigenvalue weighted by atomic mass is 16.3. The van der Waals surface area contributed by atoms with Crippen LogP contribution in [0.1, 0.15) is 156 Å². The van der Waals surface area contributed by atoms with Gasteiger partial charge in [0.1, 0.15) is 60.4 Å². The first-order valence-corrected chi connectivity index (χ1v) is 30.6. The minimum Gasteiger partial charge on any atom is -0.390 e. The summed E-state index contributed by atoms with van der Waals surface area (Å²) in [5.74, 6) is -9.71. The lowest BCUT2D eigenvalue weighted by molar-refractivity contribution is -0.157. The molecule has 0 saturated carbocycles. The van der Waals surface area contributed by atoms with E-state index < -0.39 is 156 Å². The molecule has 1 aliphatic rings. The Morgan fingerprint density at radius 2 is 0.871 bits per heavy atom. The molecule has 12 atom stereocenters. The Morgan fingerprint density at radius 1 is 0.459 bits per heavy atom. The van der Waals surface area contributed by atoms with Crippen molar-refractivity contribution >= 4 is 65.0 Å². The summed E-state index contributed by atoms with van der Waals surface area (Å²) < 4.78 is 0. The lowest BCUT2D eigenvalue weighted by Crippen LogP contribution is -2.63. The van der Waals surface area contributed by atoms with E-state index in [1.165, 1.54) is 87.7 Å². The Labute approximate surface area is 508 Å². The first-order chi connectivity index (χ1) is 39.2. The fourth-order valence-electron chi connectivity index (χ4n) is 10.7. The largest absolute Gasteiger partial charge is 0.390 e. The average molecular weight is 1200 g/mol. The van der Waals surface area contributed by atoms with E-state index in [2.05, 4.69) is 21.3 Å². The first-order valence-electron chi connectivity index (χ1n) is 30.6. The van der Waals surface area contributed by atoms with Crippen LogP contribution in [0.4, 0.5) is 0 Å². The van der Waals surface area contributed by atoms with Crippen molar-refractivity contribution in [3.63, 3.8) is 0 Å². The lowest BCUT2D eigenvalue weighted by Gasteiger charge is -2.41. The monoisotopic (exact) mass is 1200 g/mol. The van der Waals surface area contributed by atoms with Crippen LogP contribution in [0, 0.1) is 41.4 Å². The van der Waals surface area contributed by atoms with Gasteiger partial charge >= 0.3 is 0 Å². The van der Waals surface area contributed by atoms with Gasteiger partial charge in [-0.25, -0.2) is 0 Å². The molecule has 0 aliphatic carbocycles. The summed E-state index contributed by atoms with van der Waals surface area (Å²) in [6.45, 7) is 29.3. The van der Waals surface area contributed by atoms with Crippen LogP contribution in [0.2, 0.25) is 0 Å². The maximum atomic E-state index is 15.1. The van der Waals surface area contributed by atoms with Gasteiger partial charge in [0.15, 0.2) is 0 Å². The normalized spacial score (nSPS) is 26.9. The van der Waals surface area contributed by atoms with Crippen LogP contribution >= 0.6 is 0 Å².